The molecule has 0 aliphatic carbocycles. The van der Waals surface area contributed by atoms with E-state index < -0.39 is 5.97 Å². The Labute approximate surface area is 134 Å². The standard InChI is InChI=1S/C18H19NO4/c1-13-5-9-15(10-6-13)23-16-11-7-14(8-12-16)19-17(20)3-2-4-18(21)22/h5-12H,2-4H2,1H3,(H,19,20)(H,21,22). The zero-order valence-corrected chi connectivity index (χ0v) is 12.9. The Morgan fingerprint density at radius 3 is 2.09 bits per heavy atom. The summed E-state index contributed by atoms with van der Waals surface area (Å²) in [6.07, 6.45) is 0.514. The molecular weight excluding hydrogens is 294 g/mol. The van der Waals surface area contributed by atoms with Crippen LogP contribution in [0.25, 0.3) is 0 Å². The van der Waals surface area contributed by atoms with Gasteiger partial charge in [-0.05, 0) is 49.7 Å². The van der Waals surface area contributed by atoms with Crippen molar-refractivity contribution < 1.29 is 19.4 Å². The summed E-state index contributed by atoms with van der Waals surface area (Å²) in [6.45, 7) is 2.01. The third kappa shape index (κ3) is 5.82. The quantitative estimate of drug-likeness (QED) is 0.810. The van der Waals surface area contributed by atoms with E-state index in [2.05, 4.69) is 5.32 Å². The van der Waals surface area contributed by atoms with Gasteiger partial charge in [0.1, 0.15) is 11.5 Å². The number of hydrogen-bond donors (Lipinski definition) is 2. The predicted molar refractivity (Wildman–Crippen MR) is 87.8 cm³/mol. The molecular formula is C18H19NO4. The molecule has 0 unspecified atom stereocenters. The minimum absolute atomic E-state index is 0.00323. The van der Waals surface area contributed by atoms with Crippen molar-refractivity contribution in [3.8, 4) is 11.5 Å². The highest BCUT2D eigenvalue weighted by atomic mass is 16.5. The van der Waals surface area contributed by atoms with Crippen LogP contribution in [0.5, 0.6) is 11.5 Å². The van der Waals surface area contributed by atoms with Crippen molar-refractivity contribution in [2.75, 3.05) is 5.32 Å². The van der Waals surface area contributed by atoms with E-state index in [0.29, 0.717) is 17.9 Å². The number of aryl methyl sites for hydroxylation is 1. The van der Waals surface area contributed by atoms with E-state index in [-0.39, 0.29) is 18.7 Å². The Hall–Kier alpha value is -2.82. The molecule has 5 heteroatoms. The van der Waals surface area contributed by atoms with Crippen molar-refractivity contribution in [3.63, 3.8) is 0 Å². The van der Waals surface area contributed by atoms with Crippen LogP contribution in [0, 0.1) is 6.92 Å². The molecule has 2 aromatic carbocycles. The van der Waals surface area contributed by atoms with Gasteiger partial charge in [-0.25, -0.2) is 0 Å². The van der Waals surface area contributed by atoms with Gasteiger partial charge in [0.15, 0.2) is 0 Å². The number of amides is 1. The van der Waals surface area contributed by atoms with E-state index >= 15 is 0 Å². The molecule has 0 fully saturated rings. The lowest BCUT2D eigenvalue weighted by molar-refractivity contribution is -0.137. The van der Waals surface area contributed by atoms with Crippen molar-refractivity contribution in [1.29, 1.82) is 0 Å². The second kappa shape index (κ2) is 7.98. The number of carbonyl (C=O) groups is 2. The fraction of sp³-hybridized carbons (Fsp3) is 0.222. The van der Waals surface area contributed by atoms with Gasteiger partial charge < -0.3 is 15.2 Å². The zero-order chi connectivity index (χ0) is 16.7. The Balaban J connectivity index is 1.85. The zero-order valence-electron chi connectivity index (χ0n) is 12.9. The molecule has 5 nitrogen and oxygen atoms in total. The SMILES string of the molecule is Cc1ccc(Oc2ccc(NC(=O)CCCC(=O)O)cc2)cc1. The lowest BCUT2D eigenvalue weighted by Crippen LogP contribution is -2.11. The smallest absolute Gasteiger partial charge is 0.303 e. The van der Waals surface area contributed by atoms with Gasteiger partial charge in [-0.1, -0.05) is 17.7 Å². The van der Waals surface area contributed by atoms with Crippen LogP contribution in [0.4, 0.5) is 5.69 Å². The van der Waals surface area contributed by atoms with E-state index in [4.69, 9.17) is 9.84 Å². The minimum Gasteiger partial charge on any atom is -0.481 e. The number of anilines is 1. The van der Waals surface area contributed by atoms with Crippen LogP contribution < -0.4 is 10.1 Å². The second-order valence-electron chi connectivity index (χ2n) is 5.23. The minimum atomic E-state index is -0.893. The van der Waals surface area contributed by atoms with Gasteiger partial charge in [0.25, 0.3) is 0 Å². The number of carboxylic acid groups (broad SMARTS) is 1. The lowest BCUT2D eigenvalue weighted by atomic mass is 10.2. The van der Waals surface area contributed by atoms with Gasteiger partial charge in [-0.2, -0.15) is 0 Å². The summed E-state index contributed by atoms with van der Waals surface area (Å²) in [6, 6.07) is 14.8. The van der Waals surface area contributed by atoms with Crippen LogP contribution in [0.15, 0.2) is 48.5 Å². The Kier molecular flexibility index (Phi) is 5.74. The first-order valence-corrected chi connectivity index (χ1v) is 7.39. The lowest BCUT2D eigenvalue weighted by Gasteiger charge is -2.08. The third-order valence-electron chi connectivity index (χ3n) is 3.19. The fourth-order valence-electron chi connectivity index (χ4n) is 1.97. The van der Waals surface area contributed by atoms with Crippen molar-refractivity contribution in [1.82, 2.24) is 0 Å². The molecule has 0 saturated heterocycles. The number of rotatable bonds is 7. The summed E-state index contributed by atoms with van der Waals surface area (Å²) < 4.78 is 5.71. The first-order chi connectivity index (χ1) is 11.0. The number of carboxylic acids is 1. The topological polar surface area (TPSA) is 75.6 Å². The van der Waals surface area contributed by atoms with E-state index in [0.717, 1.165) is 5.75 Å². The van der Waals surface area contributed by atoms with Crippen molar-refractivity contribution in [2.45, 2.75) is 26.2 Å². The molecule has 0 atom stereocenters. The van der Waals surface area contributed by atoms with Gasteiger partial charge in [0, 0.05) is 18.5 Å². The Morgan fingerprint density at radius 2 is 1.52 bits per heavy atom. The summed E-state index contributed by atoms with van der Waals surface area (Å²) >= 11 is 0. The van der Waals surface area contributed by atoms with Gasteiger partial charge in [-0.15, -0.1) is 0 Å². The average molecular weight is 313 g/mol. The second-order valence-corrected chi connectivity index (χ2v) is 5.23. The summed E-state index contributed by atoms with van der Waals surface area (Å²) in [5, 5.41) is 11.3. The molecule has 23 heavy (non-hydrogen) atoms. The number of nitrogens with one attached hydrogen (secondary N) is 1. The molecule has 0 spiro atoms. The summed E-state index contributed by atoms with van der Waals surface area (Å²) in [7, 11) is 0. The monoisotopic (exact) mass is 313 g/mol. The Morgan fingerprint density at radius 1 is 0.957 bits per heavy atom. The molecule has 0 aromatic heterocycles. The van der Waals surface area contributed by atoms with Crippen LogP contribution in [-0.4, -0.2) is 17.0 Å². The van der Waals surface area contributed by atoms with Crippen LogP contribution in [0.2, 0.25) is 0 Å². The molecule has 0 saturated carbocycles. The van der Waals surface area contributed by atoms with Crippen LogP contribution in [0.3, 0.4) is 0 Å². The highest BCUT2D eigenvalue weighted by molar-refractivity contribution is 5.90. The molecule has 0 radical (unpaired) electrons. The number of aliphatic carboxylic acids is 1. The molecule has 0 bridgehead atoms. The summed E-state index contributed by atoms with van der Waals surface area (Å²) in [4.78, 5) is 22.1. The maximum Gasteiger partial charge on any atom is 0.303 e. The van der Waals surface area contributed by atoms with Crippen LogP contribution >= 0.6 is 0 Å². The Bertz CT molecular complexity index is 662. The van der Waals surface area contributed by atoms with E-state index in [1.165, 1.54) is 5.56 Å². The molecule has 2 aromatic rings. The highest BCUT2D eigenvalue weighted by Gasteiger charge is 2.05. The summed E-state index contributed by atoms with van der Waals surface area (Å²) in [5.41, 5.74) is 1.82. The molecule has 0 aliphatic heterocycles. The first kappa shape index (κ1) is 16.5. The fourth-order valence-corrected chi connectivity index (χ4v) is 1.97. The van der Waals surface area contributed by atoms with Gasteiger partial charge in [-0.3, -0.25) is 9.59 Å². The van der Waals surface area contributed by atoms with Crippen molar-refractivity contribution in [2.24, 2.45) is 0 Å². The van der Waals surface area contributed by atoms with Crippen molar-refractivity contribution in [3.05, 3.63) is 54.1 Å². The molecule has 0 aliphatic rings. The van der Waals surface area contributed by atoms with E-state index in [9.17, 15) is 9.59 Å². The predicted octanol–water partition coefficient (Wildman–Crippen LogP) is 3.98. The number of ether oxygens (including phenoxy) is 1. The van der Waals surface area contributed by atoms with Gasteiger partial charge in [0.2, 0.25) is 5.91 Å². The number of carbonyl (C=O) groups excluding carboxylic acids is 1. The molecule has 120 valence electrons. The normalized spacial score (nSPS) is 10.1. The molecule has 0 heterocycles. The van der Waals surface area contributed by atoms with Gasteiger partial charge >= 0.3 is 5.97 Å². The first-order valence-electron chi connectivity index (χ1n) is 7.39. The molecule has 1 amide bonds. The largest absolute Gasteiger partial charge is 0.481 e. The third-order valence-corrected chi connectivity index (χ3v) is 3.19. The maximum atomic E-state index is 11.7. The average Bonchev–Trinajstić information content (AvgIpc) is 2.51. The van der Waals surface area contributed by atoms with E-state index in [1.54, 1.807) is 24.3 Å². The van der Waals surface area contributed by atoms with Gasteiger partial charge in [0.05, 0.1) is 0 Å². The summed E-state index contributed by atoms with van der Waals surface area (Å²) in [5.74, 6) is 0.340. The molecule has 2 rings (SSSR count). The van der Waals surface area contributed by atoms with Crippen molar-refractivity contribution >= 4 is 17.6 Å². The van der Waals surface area contributed by atoms with Crippen LogP contribution in [0.1, 0.15) is 24.8 Å². The highest BCUT2D eigenvalue weighted by Crippen LogP contribution is 2.23. The van der Waals surface area contributed by atoms with E-state index in [1.807, 2.05) is 31.2 Å². The van der Waals surface area contributed by atoms with Crippen LogP contribution in [-0.2, 0) is 9.59 Å². The maximum absolute atomic E-state index is 11.7. The number of benzene rings is 2. The molecule has 2 N–H and O–H groups in total. The number of hydrogen-bond acceptors (Lipinski definition) is 3.